The number of carbonyl (C=O) groups excluding carboxylic acids is 1. The normalized spacial score (nSPS) is 23.6. The average molecular weight is 247 g/mol. The molecule has 2 rings (SSSR count). The zero-order chi connectivity index (χ0) is 12.8. The van der Waals surface area contributed by atoms with Crippen LogP contribution in [0.4, 0.5) is 5.69 Å². The second kappa shape index (κ2) is 6.55. The maximum Gasteiger partial charge on any atom is 0.230 e. The summed E-state index contributed by atoms with van der Waals surface area (Å²) < 4.78 is 0. The van der Waals surface area contributed by atoms with Crippen molar-refractivity contribution in [3.8, 4) is 0 Å². The third kappa shape index (κ3) is 4.15. The van der Waals surface area contributed by atoms with Gasteiger partial charge in [0, 0.05) is 11.6 Å². The minimum absolute atomic E-state index is 0.131. The van der Waals surface area contributed by atoms with E-state index in [9.17, 15) is 4.79 Å². The zero-order valence-corrected chi connectivity index (χ0v) is 11.1. The molecular formula is C15H23N2O+. The Balaban J connectivity index is 1.71. The van der Waals surface area contributed by atoms with Crippen LogP contribution in [0.25, 0.3) is 0 Å². The van der Waals surface area contributed by atoms with Gasteiger partial charge in [0.15, 0.2) is 0 Å². The summed E-state index contributed by atoms with van der Waals surface area (Å²) in [5, 5.41) is 2.94. The molecule has 3 heteroatoms. The number of hydrogen-bond acceptors (Lipinski definition) is 1. The van der Waals surface area contributed by atoms with Crippen LogP contribution in [-0.4, -0.2) is 25.5 Å². The van der Waals surface area contributed by atoms with Gasteiger partial charge in [0.1, 0.15) is 0 Å². The molecule has 2 unspecified atom stereocenters. The van der Waals surface area contributed by atoms with E-state index in [1.54, 1.807) is 4.90 Å². The van der Waals surface area contributed by atoms with Crippen molar-refractivity contribution in [1.29, 1.82) is 0 Å². The Kier molecular flexibility index (Phi) is 4.76. The van der Waals surface area contributed by atoms with Crippen molar-refractivity contribution in [3.63, 3.8) is 0 Å². The van der Waals surface area contributed by atoms with Crippen LogP contribution in [0.5, 0.6) is 0 Å². The van der Waals surface area contributed by atoms with Crippen molar-refractivity contribution < 1.29 is 9.69 Å². The lowest BCUT2D eigenvalue weighted by atomic mass is 10.0. The van der Waals surface area contributed by atoms with E-state index in [1.807, 2.05) is 30.3 Å². The van der Waals surface area contributed by atoms with Crippen LogP contribution < -0.4 is 10.2 Å². The number of carbonyl (C=O) groups is 1. The van der Waals surface area contributed by atoms with Gasteiger partial charge in [0.2, 0.25) is 5.91 Å². The van der Waals surface area contributed by atoms with Crippen LogP contribution in [0.2, 0.25) is 0 Å². The summed E-state index contributed by atoms with van der Waals surface area (Å²) in [6, 6.07) is 9.68. The topological polar surface area (TPSA) is 33.5 Å². The van der Waals surface area contributed by atoms with E-state index in [0.29, 0.717) is 6.42 Å². The number of anilines is 1. The molecule has 2 atom stereocenters. The van der Waals surface area contributed by atoms with E-state index in [0.717, 1.165) is 18.2 Å². The Morgan fingerprint density at radius 1 is 1.39 bits per heavy atom. The minimum atomic E-state index is 0.131. The number of quaternary nitrogens is 1. The molecule has 1 aliphatic heterocycles. The van der Waals surface area contributed by atoms with Crippen molar-refractivity contribution in [2.75, 3.05) is 25.0 Å². The van der Waals surface area contributed by atoms with Crippen molar-refractivity contribution >= 4 is 11.6 Å². The molecule has 1 saturated heterocycles. The molecule has 98 valence electrons. The van der Waals surface area contributed by atoms with Gasteiger partial charge < -0.3 is 10.2 Å². The van der Waals surface area contributed by atoms with Crippen LogP contribution in [-0.2, 0) is 4.79 Å². The first kappa shape index (κ1) is 13.1. The first-order valence-corrected chi connectivity index (χ1v) is 6.92. The lowest BCUT2D eigenvalue weighted by Crippen LogP contribution is -3.13. The van der Waals surface area contributed by atoms with Gasteiger partial charge in [0.05, 0.1) is 26.1 Å². The smallest absolute Gasteiger partial charge is 0.230 e. The summed E-state index contributed by atoms with van der Waals surface area (Å²) in [5.41, 5.74) is 0.893. The number of para-hydroxylation sites is 1. The van der Waals surface area contributed by atoms with Crippen molar-refractivity contribution in [2.24, 2.45) is 5.92 Å². The molecule has 0 radical (unpaired) electrons. The molecule has 3 nitrogen and oxygen atoms in total. The van der Waals surface area contributed by atoms with Gasteiger partial charge in [-0.05, 0) is 25.0 Å². The highest BCUT2D eigenvalue weighted by Gasteiger charge is 2.19. The van der Waals surface area contributed by atoms with E-state index >= 15 is 0 Å². The first-order chi connectivity index (χ1) is 8.74. The predicted molar refractivity (Wildman–Crippen MR) is 73.7 cm³/mol. The fraction of sp³-hybridized carbons (Fsp3) is 0.533. The van der Waals surface area contributed by atoms with Gasteiger partial charge in [-0.3, -0.25) is 4.79 Å². The molecule has 1 fully saturated rings. The maximum absolute atomic E-state index is 11.8. The van der Waals surface area contributed by atoms with E-state index in [-0.39, 0.29) is 5.91 Å². The number of nitrogens with one attached hydrogen (secondary N) is 2. The van der Waals surface area contributed by atoms with Crippen LogP contribution in [0.1, 0.15) is 26.2 Å². The van der Waals surface area contributed by atoms with E-state index in [4.69, 9.17) is 0 Å². The number of piperidine rings is 1. The van der Waals surface area contributed by atoms with Gasteiger partial charge in [0.25, 0.3) is 0 Å². The molecule has 1 aliphatic rings. The lowest BCUT2D eigenvalue weighted by Gasteiger charge is -2.27. The van der Waals surface area contributed by atoms with Crippen LogP contribution in [0.3, 0.4) is 0 Å². The Hall–Kier alpha value is -1.35. The summed E-state index contributed by atoms with van der Waals surface area (Å²) in [5.74, 6) is 0.942. The molecule has 1 aromatic rings. The average Bonchev–Trinajstić information content (AvgIpc) is 2.38. The minimum Gasteiger partial charge on any atom is -0.334 e. The van der Waals surface area contributed by atoms with Gasteiger partial charge in [-0.2, -0.15) is 0 Å². The van der Waals surface area contributed by atoms with Gasteiger partial charge in [-0.15, -0.1) is 0 Å². The fourth-order valence-electron chi connectivity index (χ4n) is 2.66. The number of hydrogen-bond donors (Lipinski definition) is 2. The molecule has 0 saturated carbocycles. The van der Waals surface area contributed by atoms with Crippen LogP contribution in [0, 0.1) is 5.92 Å². The largest absolute Gasteiger partial charge is 0.334 e. The number of rotatable bonds is 4. The molecule has 1 heterocycles. The third-order valence-corrected chi connectivity index (χ3v) is 3.63. The summed E-state index contributed by atoms with van der Waals surface area (Å²) in [4.78, 5) is 13.4. The highest BCUT2D eigenvalue weighted by atomic mass is 16.1. The molecule has 0 aliphatic carbocycles. The Morgan fingerprint density at radius 3 is 2.89 bits per heavy atom. The summed E-state index contributed by atoms with van der Waals surface area (Å²) in [7, 11) is 0. The fourth-order valence-corrected chi connectivity index (χ4v) is 2.66. The predicted octanol–water partition coefficient (Wildman–Crippen LogP) is 1.33. The Labute approximate surface area is 109 Å². The van der Waals surface area contributed by atoms with Gasteiger partial charge in [-0.1, -0.05) is 25.1 Å². The molecule has 2 N–H and O–H groups in total. The van der Waals surface area contributed by atoms with Crippen molar-refractivity contribution in [1.82, 2.24) is 0 Å². The molecular weight excluding hydrogens is 224 g/mol. The first-order valence-electron chi connectivity index (χ1n) is 6.92. The molecule has 1 amide bonds. The van der Waals surface area contributed by atoms with Gasteiger partial charge in [-0.25, -0.2) is 0 Å². The van der Waals surface area contributed by atoms with Crippen molar-refractivity contribution in [2.45, 2.75) is 26.2 Å². The molecule has 1 aromatic carbocycles. The number of amides is 1. The third-order valence-electron chi connectivity index (χ3n) is 3.63. The second-order valence-corrected chi connectivity index (χ2v) is 5.37. The SMILES string of the molecule is CC1CCC[NH+](CCC(=O)Nc2ccccc2)C1. The maximum atomic E-state index is 11.8. The zero-order valence-electron chi connectivity index (χ0n) is 11.1. The monoisotopic (exact) mass is 247 g/mol. The summed E-state index contributed by atoms with van der Waals surface area (Å²) >= 11 is 0. The van der Waals surface area contributed by atoms with Crippen molar-refractivity contribution in [3.05, 3.63) is 30.3 Å². The summed E-state index contributed by atoms with van der Waals surface area (Å²) in [6.07, 6.45) is 3.27. The summed E-state index contributed by atoms with van der Waals surface area (Å²) in [6.45, 7) is 5.72. The Morgan fingerprint density at radius 2 is 2.17 bits per heavy atom. The van der Waals surface area contributed by atoms with Gasteiger partial charge >= 0.3 is 0 Å². The van der Waals surface area contributed by atoms with E-state index in [2.05, 4.69) is 12.2 Å². The molecule has 0 bridgehead atoms. The molecule has 0 aromatic heterocycles. The highest BCUT2D eigenvalue weighted by molar-refractivity contribution is 5.90. The van der Waals surface area contributed by atoms with E-state index < -0.39 is 0 Å². The Bertz CT molecular complexity index is 377. The number of likely N-dealkylation sites (tertiary alicyclic amines) is 1. The second-order valence-electron chi connectivity index (χ2n) is 5.37. The number of benzene rings is 1. The van der Waals surface area contributed by atoms with Crippen LogP contribution in [0.15, 0.2) is 30.3 Å². The molecule has 18 heavy (non-hydrogen) atoms. The highest BCUT2D eigenvalue weighted by Crippen LogP contribution is 2.06. The lowest BCUT2D eigenvalue weighted by molar-refractivity contribution is -0.907. The van der Waals surface area contributed by atoms with E-state index in [1.165, 1.54) is 25.9 Å². The standard InChI is InChI=1S/C15H22N2O/c1-13-6-5-10-17(12-13)11-9-15(18)16-14-7-3-2-4-8-14/h2-4,7-8,13H,5-6,9-12H2,1H3,(H,16,18)/p+1. The quantitative estimate of drug-likeness (QED) is 0.827. The van der Waals surface area contributed by atoms with Crippen LogP contribution >= 0.6 is 0 Å². The molecule has 0 spiro atoms.